The minimum Gasteiger partial charge on any atom is -0.432 e. The third-order valence-electron chi connectivity index (χ3n) is 4.08. The SMILES string of the molecule is Sc1ccc2oc(-c3nc4ccccc4o3)nc2c1-c1ccccc1. The van der Waals surface area contributed by atoms with E-state index in [4.69, 9.17) is 8.83 Å². The fraction of sp³-hybridized carbons (Fsp3) is 0. The molecule has 0 amide bonds. The van der Waals surface area contributed by atoms with Crippen molar-refractivity contribution in [3.05, 3.63) is 66.7 Å². The van der Waals surface area contributed by atoms with Crippen LogP contribution in [-0.2, 0) is 0 Å². The van der Waals surface area contributed by atoms with Crippen LogP contribution < -0.4 is 0 Å². The Kier molecular flexibility index (Phi) is 3.15. The van der Waals surface area contributed by atoms with Crippen LogP contribution in [0.5, 0.6) is 0 Å². The molecule has 0 radical (unpaired) electrons. The highest BCUT2D eigenvalue weighted by molar-refractivity contribution is 7.80. The number of nitrogens with zero attached hydrogens (tertiary/aromatic N) is 2. The van der Waals surface area contributed by atoms with Gasteiger partial charge in [0.2, 0.25) is 0 Å². The highest BCUT2D eigenvalue weighted by atomic mass is 32.1. The van der Waals surface area contributed by atoms with E-state index in [1.54, 1.807) is 0 Å². The summed E-state index contributed by atoms with van der Waals surface area (Å²) in [5, 5.41) is 0. The fourth-order valence-corrected chi connectivity index (χ4v) is 3.24. The quantitative estimate of drug-likeness (QED) is 0.424. The molecule has 0 aliphatic carbocycles. The van der Waals surface area contributed by atoms with E-state index in [0.29, 0.717) is 22.9 Å². The van der Waals surface area contributed by atoms with Crippen LogP contribution in [0.15, 0.2) is 80.5 Å². The maximum atomic E-state index is 5.90. The zero-order valence-electron chi connectivity index (χ0n) is 13.0. The Morgan fingerprint density at radius 3 is 2.24 bits per heavy atom. The van der Waals surface area contributed by atoms with Crippen molar-refractivity contribution in [3.63, 3.8) is 0 Å². The molecule has 0 aliphatic heterocycles. The van der Waals surface area contributed by atoms with E-state index in [9.17, 15) is 0 Å². The van der Waals surface area contributed by atoms with Crippen LogP contribution in [0.3, 0.4) is 0 Å². The number of hydrogen-bond donors (Lipinski definition) is 1. The van der Waals surface area contributed by atoms with Gasteiger partial charge in [-0.05, 0) is 29.8 Å². The zero-order chi connectivity index (χ0) is 16.8. The van der Waals surface area contributed by atoms with Gasteiger partial charge in [0.15, 0.2) is 11.2 Å². The molecule has 0 aliphatic rings. The Morgan fingerprint density at radius 2 is 1.40 bits per heavy atom. The summed E-state index contributed by atoms with van der Waals surface area (Å²) in [6.45, 7) is 0. The standard InChI is InChI=1S/C20H12N2O2S/c25-16-11-10-15-18(17(16)12-6-2-1-3-7-12)22-20(24-15)19-21-13-8-4-5-9-14(13)23-19/h1-11,25H. The van der Waals surface area contributed by atoms with Gasteiger partial charge < -0.3 is 8.83 Å². The summed E-state index contributed by atoms with van der Waals surface area (Å²) in [4.78, 5) is 9.95. The van der Waals surface area contributed by atoms with Gasteiger partial charge in [-0.1, -0.05) is 42.5 Å². The Bertz CT molecular complexity index is 1180. The molecule has 5 aromatic rings. The van der Waals surface area contributed by atoms with Gasteiger partial charge in [-0.3, -0.25) is 0 Å². The lowest BCUT2D eigenvalue weighted by molar-refractivity contribution is 0.550. The maximum absolute atomic E-state index is 5.90. The first kappa shape index (κ1) is 14.3. The van der Waals surface area contributed by atoms with Crippen LogP contribution in [-0.4, -0.2) is 9.97 Å². The molecule has 2 heterocycles. The van der Waals surface area contributed by atoms with E-state index in [1.807, 2.05) is 66.7 Å². The topological polar surface area (TPSA) is 52.1 Å². The lowest BCUT2D eigenvalue weighted by Gasteiger charge is -2.05. The minimum absolute atomic E-state index is 0.363. The third kappa shape index (κ3) is 2.32. The first-order chi connectivity index (χ1) is 12.3. The Labute approximate surface area is 148 Å². The second-order valence-electron chi connectivity index (χ2n) is 5.68. The number of para-hydroxylation sites is 2. The summed E-state index contributed by atoms with van der Waals surface area (Å²) in [7, 11) is 0. The summed E-state index contributed by atoms with van der Waals surface area (Å²) in [5.41, 5.74) is 4.88. The molecule has 2 aromatic heterocycles. The molecule has 5 rings (SSSR count). The molecule has 0 fully saturated rings. The Hall–Kier alpha value is -3.05. The normalized spacial score (nSPS) is 11.4. The van der Waals surface area contributed by atoms with Gasteiger partial charge in [0.05, 0.1) is 0 Å². The van der Waals surface area contributed by atoms with Crippen molar-refractivity contribution in [2.24, 2.45) is 0 Å². The van der Waals surface area contributed by atoms with E-state index in [1.165, 1.54) is 0 Å². The average molecular weight is 344 g/mol. The van der Waals surface area contributed by atoms with Crippen molar-refractivity contribution < 1.29 is 8.83 Å². The van der Waals surface area contributed by atoms with Crippen molar-refractivity contribution in [2.75, 3.05) is 0 Å². The molecule has 0 saturated heterocycles. The number of rotatable bonds is 2. The Morgan fingerprint density at radius 1 is 0.680 bits per heavy atom. The van der Waals surface area contributed by atoms with E-state index in [2.05, 4.69) is 22.6 Å². The van der Waals surface area contributed by atoms with E-state index < -0.39 is 0 Å². The third-order valence-corrected chi connectivity index (χ3v) is 4.45. The van der Waals surface area contributed by atoms with Crippen LogP contribution in [0, 0.1) is 0 Å². The molecule has 0 saturated carbocycles. The molecule has 3 aromatic carbocycles. The molecular weight excluding hydrogens is 332 g/mol. The number of oxazole rings is 2. The molecule has 120 valence electrons. The Balaban J connectivity index is 1.74. The number of benzene rings is 3. The van der Waals surface area contributed by atoms with Gasteiger partial charge in [-0.25, -0.2) is 9.97 Å². The molecule has 0 spiro atoms. The van der Waals surface area contributed by atoms with Gasteiger partial charge >= 0.3 is 0 Å². The highest BCUT2D eigenvalue weighted by Crippen LogP contribution is 2.36. The summed E-state index contributed by atoms with van der Waals surface area (Å²) in [6.07, 6.45) is 0. The first-order valence-corrected chi connectivity index (χ1v) is 8.28. The van der Waals surface area contributed by atoms with Crippen LogP contribution >= 0.6 is 12.6 Å². The molecule has 0 atom stereocenters. The second-order valence-corrected chi connectivity index (χ2v) is 6.16. The van der Waals surface area contributed by atoms with E-state index >= 15 is 0 Å². The van der Waals surface area contributed by atoms with E-state index in [0.717, 1.165) is 27.1 Å². The summed E-state index contributed by atoms with van der Waals surface area (Å²) in [5.74, 6) is 0.736. The molecule has 5 heteroatoms. The monoisotopic (exact) mass is 344 g/mol. The molecular formula is C20H12N2O2S. The number of hydrogen-bond acceptors (Lipinski definition) is 5. The van der Waals surface area contributed by atoms with Crippen LogP contribution in [0.4, 0.5) is 0 Å². The summed E-state index contributed by atoms with van der Waals surface area (Å²) < 4.78 is 11.7. The smallest absolute Gasteiger partial charge is 0.284 e. The van der Waals surface area contributed by atoms with Gasteiger partial charge in [0.1, 0.15) is 11.0 Å². The first-order valence-electron chi connectivity index (χ1n) is 7.83. The fourth-order valence-electron chi connectivity index (χ4n) is 2.93. The van der Waals surface area contributed by atoms with Crippen molar-refractivity contribution in [3.8, 4) is 22.9 Å². The number of fused-ring (bicyclic) bond motifs is 2. The summed E-state index contributed by atoms with van der Waals surface area (Å²) >= 11 is 4.60. The van der Waals surface area contributed by atoms with Crippen LogP contribution in [0.1, 0.15) is 0 Å². The molecule has 4 nitrogen and oxygen atoms in total. The summed E-state index contributed by atoms with van der Waals surface area (Å²) in [6, 6.07) is 21.4. The number of thiol groups is 1. The van der Waals surface area contributed by atoms with Gasteiger partial charge in [-0.15, -0.1) is 12.6 Å². The van der Waals surface area contributed by atoms with E-state index in [-0.39, 0.29) is 0 Å². The van der Waals surface area contributed by atoms with Crippen molar-refractivity contribution in [2.45, 2.75) is 4.90 Å². The minimum atomic E-state index is 0.363. The zero-order valence-corrected chi connectivity index (χ0v) is 13.9. The lowest BCUT2D eigenvalue weighted by Crippen LogP contribution is -1.83. The van der Waals surface area contributed by atoms with Crippen LogP contribution in [0.2, 0.25) is 0 Å². The second kappa shape index (κ2) is 5.50. The molecule has 25 heavy (non-hydrogen) atoms. The van der Waals surface area contributed by atoms with Crippen molar-refractivity contribution in [1.82, 2.24) is 9.97 Å². The van der Waals surface area contributed by atoms with Gasteiger partial charge in [-0.2, -0.15) is 0 Å². The van der Waals surface area contributed by atoms with Gasteiger partial charge in [0.25, 0.3) is 11.8 Å². The molecule has 0 N–H and O–H groups in total. The predicted octanol–water partition coefficient (Wildman–Crippen LogP) is 5.59. The van der Waals surface area contributed by atoms with Crippen molar-refractivity contribution >= 4 is 34.8 Å². The average Bonchev–Trinajstić information content (AvgIpc) is 3.26. The van der Waals surface area contributed by atoms with Gasteiger partial charge in [0, 0.05) is 10.5 Å². The predicted molar refractivity (Wildman–Crippen MR) is 99.7 cm³/mol. The largest absolute Gasteiger partial charge is 0.432 e. The lowest BCUT2D eigenvalue weighted by atomic mass is 10.0. The maximum Gasteiger partial charge on any atom is 0.284 e. The molecule has 0 bridgehead atoms. The molecule has 0 unspecified atom stereocenters. The highest BCUT2D eigenvalue weighted by Gasteiger charge is 2.18. The van der Waals surface area contributed by atoms with Crippen LogP contribution in [0.25, 0.3) is 45.1 Å². The van der Waals surface area contributed by atoms with Crippen molar-refractivity contribution in [1.29, 1.82) is 0 Å². The number of aromatic nitrogens is 2.